The molecule has 0 radical (unpaired) electrons. The second-order valence-electron chi connectivity index (χ2n) is 4.05. The summed E-state index contributed by atoms with van der Waals surface area (Å²) in [6.45, 7) is 2.12. The van der Waals surface area contributed by atoms with Gasteiger partial charge in [0.15, 0.2) is 0 Å². The van der Waals surface area contributed by atoms with Crippen LogP contribution in [0.4, 0.5) is 5.69 Å². The summed E-state index contributed by atoms with van der Waals surface area (Å²) >= 11 is 3.65. The number of aryl methyl sites for hydroxylation is 1. The fraction of sp³-hybridized carbons (Fsp3) is 0.333. The molecular formula is C12H15BrN2. The van der Waals surface area contributed by atoms with Crippen molar-refractivity contribution in [3.05, 3.63) is 28.4 Å². The van der Waals surface area contributed by atoms with Crippen LogP contribution in [0.25, 0.3) is 10.9 Å². The van der Waals surface area contributed by atoms with Crippen LogP contribution >= 0.6 is 15.9 Å². The van der Waals surface area contributed by atoms with E-state index >= 15 is 0 Å². The van der Waals surface area contributed by atoms with Crippen molar-refractivity contribution in [2.45, 2.75) is 6.92 Å². The first-order valence-electron chi connectivity index (χ1n) is 4.94. The second-order valence-corrected chi connectivity index (χ2v) is 4.85. The van der Waals surface area contributed by atoms with E-state index in [0.29, 0.717) is 0 Å². The van der Waals surface area contributed by atoms with Gasteiger partial charge in [-0.3, -0.25) is 0 Å². The quantitative estimate of drug-likeness (QED) is 0.769. The summed E-state index contributed by atoms with van der Waals surface area (Å²) in [4.78, 5) is 2.12. The van der Waals surface area contributed by atoms with E-state index in [9.17, 15) is 0 Å². The summed E-state index contributed by atoms with van der Waals surface area (Å²) in [7, 11) is 6.22. The zero-order valence-electron chi connectivity index (χ0n) is 9.50. The molecule has 3 heteroatoms. The maximum absolute atomic E-state index is 3.65. The summed E-state index contributed by atoms with van der Waals surface area (Å²) in [5, 5.41) is 1.28. The molecule has 80 valence electrons. The zero-order valence-corrected chi connectivity index (χ0v) is 11.1. The Bertz CT molecular complexity index is 512. The largest absolute Gasteiger partial charge is 0.378 e. The lowest BCUT2D eigenvalue weighted by molar-refractivity contribution is 0.914. The normalized spacial score (nSPS) is 11.0. The number of anilines is 1. The maximum Gasteiger partial charge on any atom is 0.0493 e. The smallest absolute Gasteiger partial charge is 0.0493 e. The van der Waals surface area contributed by atoms with Gasteiger partial charge in [-0.25, -0.2) is 0 Å². The summed E-state index contributed by atoms with van der Waals surface area (Å²) in [5.41, 5.74) is 3.76. The molecule has 15 heavy (non-hydrogen) atoms. The molecule has 0 aliphatic carbocycles. The Hall–Kier alpha value is -0.960. The van der Waals surface area contributed by atoms with Gasteiger partial charge in [0.1, 0.15) is 0 Å². The van der Waals surface area contributed by atoms with Crippen LogP contribution < -0.4 is 4.90 Å². The highest BCUT2D eigenvalue weighted by Crippen LogP contribution is 2.32. The van der Waals surface area contributed by atoms with Gasteiger partial charge in [0.05, 0.1) is 0 Å². The molecule has 0 aliphatic rings. The first-order chi connectivity index (χ1) is 7.02. The highest BCUT2D eigenvalue weighted by atomic mass is 79.9. The topological polar surface area (TPSA) is 8.17 Å². The Labute approximate surface area is 98.6 Å². The molecule has 0 fully saturated rings. The van der Waals surface area contributed by atoms with E-state index in [1.807, 2.05) is 0 Å². The van der Waals surface area contributed by atoms with Gasteiger partial charge in [0, 0.05) is 47.9 Å². The average molecular weight is 267 g/mol. The summed E-state index contributed by atoms with van der Waals surface area (Å²) < 4.78 is 3.41. The fourth-order valence-corrected chi connectivity index (χ4v) is 2.38. The van der Waals surface area contributed by atoms with Gasteiger partial charge in [-0.1, -0.05) is 0 Å². The predicted molar refractivity (Wildman–Crippen MR) is 69.7 cm³/mol. The number of benzene rings is 1. The van der Waals surface area contributed by atoms with Crippen molar-refractivity contribution in [3.8, 4) is 0 Å². The van der Waals surface area contributed by atoms with Crippen molar-refractivity contribution in [1.82, 2.24) is 4.57 Å². The minimum atomic E-state index is 1.20. The van der Waals surface area contributed by atoms with Crippen LogP contribution in [-0.2, 0) is 7.05 Å². The molecule has 0 saturated heterocycles. The Balaban J connectivity index is 2.77. The maximum atomic E-state index is 3.65. The molecule has 0 saturated carbocycles. The Morgan fingerprint density at radius 3 is 2.53 bits per heavy atom. The minimum absolute atomic E-state index is 1.20. The lowest BCUT2D eigenvalue weighted by atomic mass is 10.2. The molecule has 2 rings (SSSR count). The molecule has 0 N–H and O–H groups in total. The van der Waals surface area contributed by atoms with Crippen molar-refractivity contribution in [1.29, 1.82) is 0 Å². The highest BCUT2D eigenvalue weighted by molar-refractivity contribution is 9.10. The van der Waals surface area contributed by atoms with Gasteiger partial charge < -0.3 is 9.47 Å². The number of fused-ring (bicyclic) bond motifs is 1. The molecular weight excluding hydrogens is 252 g/mol. The van der Waals surface area contributed by atoms with Crippen LogP contribution in [-0.4, -0.2) is 18.7 Å². The van der Waals surface area contributed by atoms with Crippen molar-refractivity contribution in [2.24, 2.45) is 7.05 Å². The molecule has 1 heterocycles. The first-order valence-corrected chi connectivity index (χ1v) is 5.73. The number of hydrogen-bond acceptors (Lipinski definition) is 1. The third-order valence-electron chi connectivity index (χ3n) is 2.92. The fourth-order valence-electron chi connectivity index (χ4n) is 1.79. The van der Waals surface area contributed by atoms with Gasteiger partial charge in [0.25, 0.3) is 0 Å². The van der Waals surface area contributed by atoms with Gasteiger partial charge in [-0.05, 0) is 41.1 Å². The minimum Gasteiger partial charge on any atom is -0.378 e. The molecule has 0 aliphatic heterocycles. The molecule has 0 unspecified atom stereocenters. The zero-order chi connectivity index (χ0) is 11.2. The van der Waals surface area contributed by atoms with E-state index in [0.717, 1.165) is 0 Å². The van der Waals surface area contributed by atoms with Crippen molar-refractivity contribution >= 4 is 32.5 Å². The summed E-state index contributed by atoms with van der Waals surface area (Å²) in [6.07, 6.45) is 0. The third-order valence-corrected chi connectivity index (χ3v) is 3.92. The van der Waals surface area contributed by atoms with Crippen molar-refractivity contribution in [2.75, 3.05) is 19.0 Å². The second kappa shape index (κ2) is 3.56. The summed E-state index contributed by atoms with van der Waals surface area (Å²) in [6, 6.07) is 6.53. The van der Waals surface area contributed by atoms with E-state index in [2.05, 4.69) is 71.7 Å². The van der Waals surface area contributed by atoms with E-state index < -0.39 is 0 Å². The molecule has 1 aromatic heterocycles. The Morgan fingerprint density at radius 2 is 1.93 bits per heavy atom. The van der Waals surface area contributed by atoms with E-state index in [1.54, 1.807) is 0 Å². The van der Waals surface area contributed by atoms with Crippen molar-refractivity contribution < 1.29 is 0 Å². The number of aromatic nitrogens is 1. The van der Waals surface area contributed by atoms with E-state index in [-0.39, 0.29) is 0 Å². The standard InChI is InChI=1S/C12H15BrN2/c1-8-12(13)10-7-9(14(2)3)5-6-11(10)15(8)4/h5-7H,1-4H3. The van der Waals surface area contributed by atoms with Crippen molar-refractivity contribution in [3.63, 3.8) is 0 Å². The lowest BCUT2D eigenvalue weighted by Gasteiger charge is -2.12. The average Bonchev–Trinajstić information content (AvgIpc) is 2.44. The van der Waals surface area contributed by atoms with Gasteiger partial charge in [-0.15, -0.1) is 0 Å². The Kier molecular flexibility index (Phi) is 2.51. The first kappa shape index (κ1) is 10.6. The molecule has 2 aromatic rings. The van der Waals surface area contributed by atoms with Gasteiger partial charge >= 0.3 is 0 Å². The van der Waals surface area contributed by atoms with Crippen LogP contribution in [0.15, 0.2) is 22.7 Å². The molecule has 2 nitrogen and oxygen atoms in total. The number of rotatable bonds is 1. The van der Waals surface area contributed by atoms with Crippen LogP contribution in [0.2, 0.25) is 0 Å². The predicted octanol–water partition coefficient (Wildman–Crippen LogP) is 3.32. The number of halogens is 1. The number of hydrogen-bond donors (Lipinski definition) is 0. The highest BCUT2D eigenvalue weighted by Gasteiger charge is 2.10. The van der Waals surface area contributed by atoms with E-state index in [1.165, 1.54) is 26.8 Å². The molecule has 1 aromatic carbocycles. The monoisotopic (exact) mass is 266 g/mol. The lowest BCUT2D eigenvalue weighted by Crippen LogP contribution is -2.08. The van der Waals surface area contributed by atoms with Gasteiger partial charge in [0.2, 0.25) is 0 Å². The molecule has 0 bridgehead atoms. The van der Waals surface area contributed by atoms with Crippen LogP contribution in [0, 0.1) is 6.92 Å². The van der Waals surface area contributed by atoms with E-state index in [4.69, 9.17) is 0 Å². The molecule has 0 amide bonds. The molecule has 0 spiro atoms. The summed E-state index contributed by atoms with van der Waals surface area (Å²) in [5.74, 6) is 0. The molecule has 0 atom stereocenters. The third kappa shape index (κ3) is 1.55. The van der Waals surface area contributed by atoms with Crippen LogP contribution in [0.3, 0.4) is 0 Å². The Morgan fingerprint density at radius 1 is 1.27 bits per heavy atom. The SMILES string of the molecule is Cc1c(Br)c2cc(N(C)C)ccc2n1C. The van der Waals surface area contributed by atoms with Crippen LogP contribution in [0.1, 0.15) is 5.69 Å². The van der Waals surface area contributed by atoms with Crippen LogP contribution in [0.5, 0.6) is 0 Å². The van der Waals surface area contributed by atoms with Gasteiger partial charge in [-0.2, -0.15) is 0 Å². The number of nitrogens with zero attached hydrogens (tertiary/aromatic N) is 2.